The van der Waals surface area contributed by atoms with Gasteiger partial charge in [0.05, 0.1) is 23.8 Å². The highest BCUT2D eigenvalue weighted by molar-refractivity contribution is 5.74. The summed E-state index contributed by atoms with van der Waals surface area (Å²) >= 11 is 0. The van der Waals surface area contributed by atoms with Crippen molar-refractivity contribution in [1.82, 2.24) is 10.2 Å². The molecular formula is C22H22F6N2O2. The number of nitrogens with zero attached hydrogens (tertiary/aromatic N) is 1. The zero-order valence-corrected chi connectivity index (χ0v) is 17.1. The van der Waals surface area contributed by atoms with E-state index < -0.39 is 36.2 Å². The Morgan fingerprint density at radius 3 is 2.16 bits per heavy atom. The first-order valence-corrected chi connectivity index (χ1v) is 9.90. The van der Waals surface area contributed by atoms with E-state index >= 15 is 0 Å². The van der Waals surface area contributed by atoms with Crippen molar-refractivity contribution in [3.05, 3.63) is 70.8 Å². The van der Waals surface area contributed by atoms with E-state index in [1.54, 1.807) is 4.90 Å². The van der Waals surface area contributed by atoms with Crippen LogP contribution in [-0.2, 0) is 23.7 Å². The first-order valence-electron chi connectivity index (χ1n) is 9.90. The lowest BCUT2D eigenvalue weighted by Crippen LogP contribution is -2.48. The number of benzene rings is 2. The second kappa shape index (κ2) is 9.40. The Hall–Kier alpha value is -2.75. The number of amides is 2. The zero-order valence-electron chi connectivity index (χ0n) is 17.1. The molecule has 1 heterocycles. The Bertz CT molecular complexity index is 898. The van der Waals surface area contributed by atoms with Crippen molar-refractivity contribution >= 4 is 6.03 Å². The highest BCUT2D eigenvalue weighted by atomic mass is 19.4. The van der Waals surface area contributed by atoms with Crippen LogP contribution < -0.4 is 5.32 Å². The molecule has 1 aliphatic heterocycles. The molecule has 32 heavy (non-hydrogen) atoms. The fraction of sp³-hybridized carbons (Fsp3) is 0.409. The Labute approximate surface area is 181 Å². The van der Waals surface area contributed by atoms with Crippen LogP contribution >= 0.6 is 0 Å². The average molecular weight is 460 g/mol. The summed E-state index contributed by atoms with van der Waals surface area (Å²) in [4.78, 5) is 13.7. The molecule has 0 radical (unpaired) electrons. The lowest BCUT2D eigenvalue weighted by atomic mass is 9.88. The molecule has 1 aliphatic rings. The molecule has 10 heteroatoms. The molecule has 2 amide bonds. The van der Waals surface area contributed by atoms with Gasteiger partial charge in [0.1, 0.15) is 0 Å². The minimum absolute atomic E-state index is 0.0954. The monoisotopic (exact) mass is 460 g/mol. The average Bonchev–Trinajstić information content (AvgIpc) is 2.76. The van der Waals surface area contributed by atoms with Crippen LogP contribution in [0.1, 0.15) is 34.6 Å². The van der Waals surface area contributed by atoms with Crippen LogP contribution in [0.15, 0.2) is 48.5 Å². The van der Waals surface area contributed by atoms with Crippen molar-refractivity contribution in [2.24, 2.45) is 0 Å². The molecule has 174 valence electrons. The van der Waals surface area contributed by atoms with Gasteiger partial charge in [0.25, 0.3) is 0 Å². The highest BCUT2D eigenvalue weighted by Gasteiger charge is 2.37. The number of carbonyl (C=O) groups excluding carboxylic acids is 1. The van der Waals surface area contributed by atoms with Gasteiger partial charge in [-0.3, -0.25) is 0 Å². The van der Waals surface area contributed by atoms with Crippen molar-refractivity contribution in [1.29, 1.82) is 0 Å². The molecule has 1 fully saturated rings. The number of hydrogen-bond donors (Lipinski definition) is 1. The summed E-state index contributed by atoms with van der Waals surface area (Å²) in [5.41, 5.74) is -2.10. The molecule has 0 saturated carbocycles. The summed E-state index contributed by atoms with van der Waals surface area (Å²) in [6.07, 6.45) is -9.93. The smallest absolute Gasteiger partial charge is 0.373 e. The Morgan fingerprint density at radius 1 is 1.03 bits per heavy atom. The quantitative estimate of drug-likeness (QED) is 0.618. The maximum atomic E-state index is 13.1. The summed E-state index contributed by atoms with van der Waals surface area (Å²) in [6, 6.07) is 10.3. The number of carbonyl (C=O) groups is 1. The molecule has 2 aromatic rings. The van der Waals surface area contributed by atoms with E-state index in [4.69, 9.17) is 4.74 Å². The van der Waals surface area contributed by atoms with Gasteiger partial charge in [0.2, 0.25) is 0 Å². The normalized spacial score (nSPS) is 19.7. The predicted molar refractivity (Wildman–Crippen MR) is 105 cm³/mol. The predicted octanol–water partition coefficient (Wildman–Crippen LogP) is 5.44. The number of urea groups is 1. The molecule has 3 rings (SSSR count). The van der Waals surface area contributed by atoms with E-state index in [1.165, 1.54) is 7.05 Å². The Kier molecular flexibility index (Phi) is 7.02. The number of likely N-dealkylation sites (tertiary alicyclic amines) is 1. The van der Waals surface area contributed by atoms with Crippen molar-refractivity contribution < 1.29 is 35.9 Å². The van der Waals surface area contributed by atoms with Crippen molar-refractivity contribution in [2.45, 2.75) is 37.4 Å². The van der Waals surface area contributed by atoms with Crippen LogP contribution in [0.25, 0.3) is 0 Å². The van der Waals surface area contributed by atoms with Gasteiger partial charge in [-0.15, -0.1) is 0 Å². The molecule has 1 saturated heterocycles. The van der Waals surface area contributed by atoms with Crippen LogP contribution in [0.5, 0.6) is 0 Å². The summed E-state index contributed by atoms with van der Waals surface area (Å²) in [5.74, 6) is -0.282. The van der Waals surface area contributed by atoms with Gasteiger partial charge in [-0.25, -0.2) is 4.79 Å². The molecule has 2 atom stereocenters. The van der Waals surface area contributed by atoms with E-state index in [-0.39, 0.29) is 23.6 Å². The maximum Gasteiger partial charge on any atom is 0.416 e. The number of hydrogen-bond acceptors (Lipinski definition) is 2. The standard InChI is InChI=1S/C22H22F6N2O2/c1-29-20(31)30-8-7-19(18(12-30)15-5-3-2-4-6-15)32-13-14-9-16(21(23,24)25)11-17(10-14)22(26,27)28/h2-6,9-11,18-19H,7-8,12-13H2,1H3,(H,29,31)/t18-,19+/m1/s1. The molecule has 0 unspecified atom stereocenters. The summed E-state index contributed by atoms with van der Waals surface area (Å²) in [5, 5.41) is 2.55. The molecule has 4 nitrogen and oxygen atoms in total. The third-order valence-corrected chi connectivity index (χ3v) is 5.39. The summed E-state index contributed by atoms with van der Waals surface area (Å²) < 4.78 is 84.5. The van der Waals surface area contributed by atoms with E-state index in [0.29, 0.717) is 31.6 Å². The van der Waals surface area contributed by atoms with Gasteiger partial charge in [0.15, 0.2) is 0 Å². The van der Waals surface area contributed by atoms with Gasteiger partial charge in [-0.2, -0.15) is 26.3 Å². The van der Waals surface area contributed by atoms with Gasteiger partial charge < -0.3 is 15.0 Å². The fourth-order valence-electron chi connectivity index (χ4n) is 3.80. The lowest BCUT2D eigenvalue weighted by molar-refractivity contribution is -0.143. The molecule has 0 bridgehead atoms. The second-order valence-corrected chi connectivity index (χ2v) is 7.57. The van der Waals surface area contributed by atoms with Gasteiger partial charge in [-0.1, -0.05) is 30.3 Å². The fourth-order valence-corrected chi connectivity index (χ4v) is 3.80. The second-order valence-electron chi connectivity index (χ2n) is 7.57. The first kappa shape index (κ1) is 23.9. The van der Waals surface area contributed by atoms with Gasteiger partial charge >= 0.3 is 18.4 Å². The van der Waals surface area contributed by atoms with E-state index in [1.807, 2.05) is 30.3 Å². The van der Waals surface area contributed by atoms with Gasteiger partial charge in [0, 0.05) is 26.1 Å². The molecule has 1 N–H and O–H groups in total. The molecule has 0 spiro atoms. The maximum absolute atomic E-state index is 13.1. The summed E-state index contributed by atoms with van der Waals surface area (Å²) in [7, 11) is 1.51. The lowest BCUT2D eigenvalue weighted by Gasteiger charge is -2.38. The minimum Gasteiger partial charge on any atom is -0.373 e. The number of ether oxygens (including phenoxy) is 1. The number of alkyl halides is 6. The highest BCUT2D eigenvalue weighted by Crippen LogP contribution is 2.37. The third kappa shape index (κ3) is 5.73. The van der Waals surface area contributed by atoms with Crippen LogP contribution in [0.4, 0.5) is 31.1 Å². The Balaban J connectivity index is 1.83. The van der Waals surface area contributed by atoms with Gasteiger partial charge in [-0.05, 0) is 35.7 Å². The topological polar surface area (TPSA) is 41.6 Å². The van der Waals surface area contributed by atoms with Crippen molar-refractivity contribution in [3.8, 4) is 0 Å². The minimum atomic E-state index is -4.92. The van der Waals surface area contributed by atoms with E-state index in [2.05, 4.69) is 5.32 Å². The van der Waals surface area contributed by atoms with Crippen LogP contribution in [0, 0.1) is 0 Å². The van der Waals surface area contributed by atoms with Crippen LogP contribution in [0.3, 0.4) is 0 Å². The van der Waals surface area contributed by atoms with Crippen LogP contribution in [-0.4, -0.2) is 37.2 Å². The number of rotatable bonds is 4. The first-order chi connectivity index (χ1) is 15.0. The number of halogens is 6. The molecule has 0 aliphatic carbocycles. The Morgan fingerprint density at radius 2 is 1.62 bits per heavy atom. The molecular weight excluding hydrogens is 438 g/mol. The van der Waals surface area contributed by atoms with E-state index in [9.17, 15) is 31.1 Å². The molecule has 0 aromatic heterocycles. The van der Waals surface area contributed by atoms with E-state index in [0.717, 1.165) is 5.56 Å². The van der Waals surface area contributed by atoms with Crippen molar-refractivity contribution in [3.63, 3.8) is 0 Å². The number of piperidine rings is 1. The van der Waals surface area contributed by atoms with Crippen molar-refractivity contribution in [2.75, 3.05) is 20.1 Å². The van der Waals surface area contributed by atoms with Crippen LogP contribution in [0.2, 0.25) is 0 Å². The molecule has 2 aromatic carbocycles. The SMILES string of the molecule is CNC(=O)N1CC[C@H](OCc2cc(C(F)(F)F)cc(C(F)(F)F)c2)[C@@H](c2ccccc2)C1. The zero-order chi connectivity index (χ0) is 23.5. The summed E-state index contributed by atoms with van der Waals surface area (Å²) in [6.45, 7) is 0.246. The largest absolute Gasteiger partial charge is 0.416 e. The number of nitrogens with one attached hydrogen (secondary N) is 1. The third-order valence-electron chi connectivity index (χ3n) is 5.39.